The van der Waals surface area contributed by atoms with Crippen LogP contribution in [-0.4, -0.2) is 5.78 Å². The van der Waals surface area contributed by atoms with E-state index in [1.165, 1.54) is 0 Å². The molecule has 0 radical (unpaired) electrons. The molecule has 1 nitrogen and oxygen atoms in total. The van der Waals surface area contributed by atoms with Gasteiger partial charge in [-0.3, -0.25) is 4.79 Å². The summed E-state index contributed by atoms with van der Waals surface area (Å²) in [7, 11) is 0. The van der Waals surface area contributed by atoms with Gasteiger partial charge >= 0.3 is 0 Å². The Hall–Kier alpha value is -0.890. The van der Waals surface area contributed by atoms with Gasteiger partial charge in [0.1, 0.15) is 0 Å². The lowest BCUT2D eigenvalue weighted by Gasteiger charge is -2.06. The van der Waals surface area contributed by atoms with Gasteiger partial charge in [-0.15, -0.1) is 0 Å². The van der Waals surface area contributed by atoms with Crippen LogP contribution in [-0.2, 0) is 0 Å². The third kappa shape index (κ3) is 2.32. The molecule has 0 aliphatic heterocycles. The highest BCUT2D eigenvalue weighted by atomic mass is 79.9. The van der Waals surface area contributed by atoms with Crippen LogP contribution >= 0.6 is 15.9 Å². The first-order valence-electron chi connectivity index (χ1n) is 4.50. The van der Waals surface area contributed by atoms with Crippen LogP contribution in [0.1, 0.15) is 28.4 Å². The number of rotatable bonds is 2. The van der Waals surface area contributed by atoms with Gasteiger partial charge in [0.2, 0.25) is 0 Å². The molecule has 0 bridgehead atoms. The molecule has 0 aliphatic carbocycles. The number of carbonyl (C=O) groups is 1. The van der Waals surface area contributed by atoms with Crippen molar-refractivity contribution in [3.05, 3.63) is 45.4 Å². The van der Waals surface area contributed by atoms with Crippen LogP contribution in [0.5, 0.6) is 0 Å². The summed E-state index contributed by atoms with van der Waals surface area (Å²) in [6.07, 6.45) is 3.37. The van der Waals surface area contributed by atoms with Gasteiger partial charge in [-0.05, 0) is 50.1 Å². The number of allylic oxidation sites excluding steroid dienone is 2. The summed E-state index contributed by atoms with van der Waals surface area (Å²) in [6, 6.07) is 3.92. The standard InChI is InChI=1S/C12H13BrO/c1-4-5-11(14)12-8(2)6-10(13)7-9(12)3/h4-7H,1-3H3/b5-4+. The zero-order valence-electron chi connectivity index (χ0n) is 8.60. The smallest absolute Gasteiger partial charge is 0.186 e. The zero-order valence-corrected chi connectivity index (χ0v) is 10.2. The Labute approximate surface area is 93.0 Å². The first kappa shape index (κ1) is 11.2. The van der Waals surface area contributed by atoms with E-state index >= 15 is 0 Å². The maximum Gasteiger partial charge on any atom is 0.186 e. The fraction of sp³-hybridized carbons (Fsp3) is 0.250. The van der Waals surface area contributed by atoms with Gasteiger partial charge in [0.15, 0.2) is 5.78 Å². The minimum absolute atomic E-state index is 0.0787. The van der Waals surface area contributed by atoms with E-state index in [-0.39, 0.29) is 5.78 Å². The van der Waals surface area contributed by atoms with E-state index in [2.05, 4.69) is 15.9 Å². The molecule has 0 saturated heterocycles. The molecule has 1 rings (SSSR count). The molecule has 1 aromatic rings. The molecule has 0 N–H and O–H groups in total. The second-order valence-corrected chi connectivity index (χ2v) is 4.19. The number of hydrogen-bond acceptors (Lipinski definition) is 1. The van der Waals surface area contributed by atoms with Crippen LogP contribution in [0.4, 0.5) is 0 Å². The largest absolute Gasteiger partial charge is 0.289 e. The summed E-state index contributed by atoms with van der Waals surface area (Å²) < 4.78 is 1.02. The molecule has 0 aliphatic rings. The highest BCUT2D eigenvalue weighted by Gasteiger charge is 2.09. The van der Waals surface area contributed by atoms with Crippen molar-refractivity contribution in [3.8, 4) is 0 Å². The molecule has 0 heterocycles. The van der Waals surface area contributed by atoms with Crippen molar-refractivity contribution in [1.82, 2.24) is 0 Å². The second-order valence-electron chi connectivity index (χ2n) is 3.28. The third-order valence-corrected chi connectivity index (χ3v) is 2.52. The molecule has 0 unspecified atom stereocenters. The lowest BCUT2D eigenvalue weighted by molar-refractivity contribution is 0.104. The molecule has 1 aromatic carbocycles. The predicted molar refractivity (Wildman–Crippen MR) is 62.8 cm³/mol. The summed E-state index contributed by atoms with van der Waals surface area (Å²) >= 11 is 3.41. The lowest BCUT2D eigenvalue weighted by atomic mass is 9.99. The summed E-state index contributed by atoms with van der Waals surface area (Å²) in [4.78, 5) is 11.7. The molecule has 14 heavy (non-hydrogen) atoms. The van der Waals surface area contributed by atoms with Gasteiger partial charge in [-0.1, -0.05) is 22.0 Å². The van der Waals surface area contributed by atoms with Gasteiger partial charge < -0.3 is 0 Å². The minimum Gasteiger partial charge on any atom is -0.289 e. The van der Waals surface area contributed by atoms with Crippen molar-refractivity contribution >= 4 is 21.7 Å². The van der Waals surface area contributed by atoms with Crippen LogP contribution in [0.3, 0.4) is 0 Å². The summed E-state index contributed by atoms with van der Waals surface area (Å²) in [5.41, 5.74) is 2.84. The van der Waals surface area contributed by atoms with Crippen LogP contribution in [0.15, 0.2) is 28.8 Å². The van der Waals surface area contributed by atoms with E-state index in [4.69, 9.17) is 0 Å². The van der Waals surface area contributed by atoms with E-state index in [0.29, 0.717) is 0 Å². The van der Waals surface area contributed by atoms with E-state index in [1.54, 1.807) is 12.2 Å². The Kier molecular flexibility index (Phi) is 3.64. The Morgan fingerprint density at radius 2 is 1.79 bits per heavy atom. The Bertz CT molecular complexity index is 368. The molecule has 74 valence electrons. The fourth-order valence-corrected chi connectivity index (χ4v) is 2.22. The number of ketones is 1. The molecule has 0 aromatic heterocycles. The molecule has 0 fully saturated rings. The molecule has 0 amide bonds. The van der Waals surface area contributed by atoms with E-state index in [1.807, 2.05) is 32.9 Å². The SMILES string of the molecule is C/C=C/C(=O)c1c(C)cc(Br)cc1C. The molecule has 0 atom stereocenters. The predicted octanol–water partition coefficient (Wildman–Crippen LogP) is 3.82. The molecular formula is C12H13BrO. The van der Waals surface area contributed by atoms with Crippen molar-refractivity contribution in [3.63, 3.8) is 0 Å². The number of benzene rings is 1. The van der Waals surface area contributed by atoms with Crippen LogP contribution in [0, 0.1) is 13.8 Å². The Balaban J connectivity index is 3.27. The van der Waals surface area contributed by atoms with Gasteiger partial charge in [0, 0.05) is 10.0 Å². The topological polar surface area (TPSA) is 17.1 Å². The first-order valence-corrected chi connectivity index (χ1v) is 5.29. The molecule has 0 spiro atoms. The van der Waals surface area contributed by atoms with E-state index < -0.39 is 0 Å². The van der Waals surface area contributed by atoms with Gasteiger partial charge in [0.05, 0.1) is 0 Å². The summed E-state index contributed by atoms with van der Waals surface area (Å²) in [6.45, 7) is 5.75. The Morgan fingerprint density at radius 1 is 1.29 bits per heavy atom. The average molecular weight is 253 g/mol. The maximum absolute atomic E-state index is 11.7. The Morgan fingerprint density at radius 3 is 2.21 bits per heavy atom. The van der Waals surface area contributed by atoms with Crippen LogP contribution in [0.25, 0.3) is 0 Å². The second kappa shape index (κ2) is 4.56. The normalized spacial score (nSPS) is 10.9. The van der Waals surface area contributed by atoms with E-state index in [9.17, 15) is 4.79 Å². The number of hydrogen-bond donors (Lipinski definition) is 0. The molecule has 0 saturated carbocycles. The highest BCUT2D eigenvalue weighted by Crippen LogP contribution is 2.21. The maximum atomic E-state index is 11.7. The van der Waals surface area contributed by atoms with Crippen molar-refractivity contribution in [2.24, 2.45) is 0 Å². The number of aryl methyl sites for hydroxylation is 2. The van der Waals surface area contributed by atoms with Crippen molar-refractivity contribution in [2.75, 3.05) is 0 Å². The van der Waals surface area contributed by atoms with Crippen molar-refractivity contribution < 1.29 is 4.79 Å². The van der Waals surface area contributed by atoms with Crippen LogP contribution < -0.4 is 0 Å². The van der Waals surface area contributed by atoms with Crippen LogP contribution in [0.2, 0.25) is 0 Å². The lowest BCUT2D eigenvalue weighted by Crippen LogP contribution is -2.01. The first-order chi connectivity index (χ1) is 6.56. The number of carbonyl (C=O) groups excluding carboxylic acids is 1. The minimum atomic E-state index is 0.0787. The van der Waals surface area contributed by atoms with Gasteiger partial charge in [-0.2, -0.15) is 0 Å². The zero-order chi connectivity index (χ0) is 10.7. The van der Waals surface area contributed by atoms with Gasteiger partial charge in [0.25, 0.3) is 0 Å². The molecular weight excluding hydrogens is 240 g/mol. The fourth-order valence-electron chi connectivity index (χ4n) is 1.53. The van der Waals surface area contributed by atoms with E-state index in [0.717, 1.165) is 21.2 Å². The quantitative estimate of drug-likeness (QED) is 0.578. The van der Waals surface area contributed by atoms with Crippen molar-refractivity contribution in [1.29, 1.82) is 0 Å². The number of halogens is 1. The molecule has 2 heteroatoms. The van der Waals surface area contributed by atoms with Crippen molar-refractivity contribution in [2.45, 2.75) is 20.8 Å². The summed E-state index contributed by atoms with van der Waals surface area (Å²) in [5.74, 6) is 0.0787. The average Bonchev–Trinajstić information content (AvgIpc) is 2.01. The summed E-state index contributed by atoms with van der Waals surface area (Å²) in [5, 5.41) is 0. The highest BCUT2D eigenvalue weighted by molar-refractivity contribution is 9.10. The third-order valence-electron chi connectivity index (χ3n) is 2.06. The van der Waals surface area contributed by atoms with Gasteiger partial charge in [-0.25, -0.2) is 0 Å². The monoisotopic (exact) mass is 252 g/mol.